The van der Waals surface area contributed by atoms with E-state index in [4.69, 9.17) is 9.73 Å². The highest BCUT2D eigenvalue weighted by Crippen LogP contribution is 2.60. The van der Waals surface area contributed by atoms with Gasteiger partial charge in [0.1, 0.15) is 5.75 Å². The van der Waals surface area contributed by atoms with E-state index in [9.17, 15) is 10.2 Å². The smallest absolute Gasteiger partial charge is 0.115 e. The highest BCUT2D eigenvalue weighted by atomic mass is 16.5. The molecule has 5 atom stereocenters. The first-order valence-electron chi connectivity index (χ1n) is 9.58. The van der Waals surface area contributed by atoms with Crippen LogP contribution in [0.5, 0.6) is 5.75 Å². The quantitative estimate of drug-likeness (QED) is 0.828. The van der Waals surface area contributed by atoms with Crippen LogP contribution >= 0.6 is 0 Å². The predicted molar refractivity (Wildman–Crippen MR) is 98.3 cm³/mol. The molecule has 4 heteroatoms. The maximum atomic E-state index is 10.7. The van der Waals surface area contributed by atoms with Crippen LogP contribution in [0.2, 0.25) is 0 Å². The lowest BCUT2D eigenvalue weighted by Gasteiger charge is -2.49. The van der Waals surface area contributed by atoms with Crippen LogP contribution in [0.4, 0.5) is 0 Å². The van der Waals surface area contributed by atoms with Crippen LogP contribution in [0.1, 0.15) is 49.7 Å². The number of methoxy groups -OCH3 is 1. The van der Waals surface area contributed by atoms with Gasteiger partial charge in [0.25, 0.3) is 0 Å². The molecule has 0 aliphatic heterocycles. The normalized spacial score (nSPS) is 38.3. The molecule has 0 bridgehead atoms. The molecule has 0 amide bonds. The van der Waals surface area contributed by atoms with Gasteiger partial charge in [-0.2, -0.15) is 0 Å². The first-order chi connectivity index (χ1) is 12.0. The van der Waals surface area contributed by atoms with Crippen molar-refractivity contribution < 1.29 is 14.9 Å². The third-order valence-corrected chi connectivity index (χ3v) is 7.06. The zero-order valence-corrected chi connectivity index (χ0v) is 15.2. The molecule has 0 saturated heterocycles. The van der Waals surface area contributed by atoms with Crippen molar-refractivity contribution in [1.82, 2.24) is 0 Å². The third-order valence-electron chi connectivity index (χ3n) is 7.06. The van der Waals surface area contributed by atoms with E-state index in [0.29, 0.717) is 36.7 Å². The Labute approximate surface area is 149 Å². The average molecular weight is 343 g/mol. The van der Waals surface area contributed by atoms with Gasteiger partial charge in [0, 0.05) is 18.2 Å². The minimum atomic E-state index is -0.396. The summed E-state index contributed by atoms with van der Waals surface area (Å²) in [6.07, 6.45) is 4.86. The summed E-state index contributed by atoms with van der Waals surface area (Å²) in [5.74, 6) is 2.06. The maximum absolute atomic E-state index is 10.7. The van der Waals surface area contributed by atoms with Crippen molar-refractivity contribution in [3.8, 4) is 5.75 Å². The van der Waals surface area contributed by atoms with Gasteiger partial charge in [0.05, 0.1) is 19.3 Å². The van der Waals surface area contributed by atoms with Gasteiger partial charge in [-0.3, -0.25) is 4.99 Å². The second-order valence-corrected chi connectivity index (χ2v) is 8.27. The number of benzene rings is 1. The number of ether oxygens (including phenoxy) is 1. The number of aliphatic hydroxyl groups excluding tert-OH is 1. The monoisotopic (exact) mass is 343 g/mol. The van der Waals surface area contributed by atoms with Crippen LogP contribution in [-0.2, 0) is 11.2 Å². The Kier molecular flexibility index (Phi) is 4.37. The number of hydrogen-bond acceptors (Lipinski definition) is 4. The van der Waals surface area contributed by atoms with Crippen LogP contribution in [0.25, 0.3) is 0 Å². The number of nitrogens with zero attached hydrogens (tertiary/aromatic N) is 1. The van der Waals surface area contributed by atoms with Gasteiger partial charge >= 0.3 is 0 Å². The van der Waals surface area contributed by atoms with E-state index >= 15 is 0 Å². The van der Waals surface area contributed by atoms with Crippen LogP contribution in [0, 0.1) is 17.3 Å². The molecule has 0 heterocycles. The molecule has 0 radical (unpaired) electrons. The molecular weight excluding hydrogens is 314 g/mol. The Balaban J connectivity index is 1.63. The SMILES string of the molecule is COCCN=C1[C@H](O)C[C@H]2[C@@H]3CCc4cc(O)ccc4[C@H]3CC[C@]12C. The topological polar surface area (TPSA) is 62.0 Å². The Morgan fingerprint density at radius 1 is 1.32 bits per heavy atom. The first kappa shape index (κ1) is 17.0. The van der Waals surface area contributed by atoms with E-state index in [1.165, 1.54) is 11.1 Å². The summed E-state index contributed by atoms with van der Waals surface area (Å²) in [6.45, 7) is 3.57. The van der Waals surface area contributed by atoms with E-state index in [2.05, 4.69) is 13.0 Å². The molecule has 4 nitrogen and oxygen atoms in total. The van der Waals surface area contributed by atoms with Gasteiger partial charge < -0.3 is 14.9 Å². The van der Waals surface area contributed by atoms with Crippen molar-refractivity contribution >= 4 is 5.71 Å². The molecule has 2 fully saturated rings. The highest BCUT2D eigenvalue weighted by Gasteiger charge is 2.56. The highest BCUT2D eigenvalue weighted by molar-refractivity contribution is 5.96. The van der Waals surface area contributed by atoms with Gasteiger partial charge in [-0.25, -0.2) is 0 Å². The number of phenolic OH excluding ortho intramolecular Hbond substituents is 1. The predicted octanol–water partition coefficient (Wildman–Crippen LogP) is 3.31. The van der Waals surface area contributed by atoms with E-state index in [1.807, 2.05) is 12.1 Å². The number of phenols is 1. The van der Waals surface area contributed by atoms with Crippen molar-refractivity contribution in [2.45, 2.75) is 51.0 Å². The minimum Gasteiger partial charge on any atom is -0.508 e. The van der Waals surface area contributed by atoms with Crippen LogP contribution in [0.3, 0.4) is 0 Å². The van der Waals surface area contributed by atoms with Gasteiger partial charge in [-0.05, 0) is 73.1 Å². The summed E-state index contributed by atoms with van der Waals surface area (Å²) in [6, 6.07) is 5.90. The second-order valence-electron chi connectivity index (χ2n) is 8.27. The number of aliphatic hydroxyl groups is 1. The zero-order chi connectivity index (χ0) is 17.6. The molecule has 0 unspecified atom stereocenters. The number of aryl methyl sites for hydroxylation is 1. The summed E-state index contributed by atoms with van der Waals surface area (Å²) < 4.78 is 5.13. The molecule has 3 aliphatic carbocycles. The molecule has 4 rings (SSSR count). The average Bonchev–Trinajstić information content (AvgIpc) is 2.85. The Hall–Kier alpha value is -1.39. The lowest BCUT2D eigenvalue weighted by Crippen LogP contribution is -2.43. The number of rotatable bonds is 3. The van der Waals surface area contributed by atoms with E-state index in [-0.39, 0.29) is 5.41 Å². The molecule has 3 aliphatic rings. The van der Waals surface area contributed by atoms with Gasteiger partial charge in [0.2, 0.25) is 0 Å². The van der Waals surface area contributed by atoms with Gasteiger partial charge in [-0.15, -0.1) is 0 Å². The third kappa shape index (κ3) is 2.70. The molecule has 136 valence electrons. The number of aromatic hydroxyl groups is 1. The van der Waals surface area contributed by atoms with E-state index < -0.39 is 6.10 Å². The standard InChI is InChI=1S/C21H29NO3/c1-21-8-7-16-15-6-4-14(23)11-13(15)3-5-17(16)18(21)12-19(24)20(21)22-9-10-25-2/h4,6,11,16-19,23-24H,3,5,7-10,12H2,1-2H3/t16-,17-,18+,19-,21+/m1/s1. The molecule has 2 N–H and O–H groups in total. The fourth-order valence-electron chi connectivity index (χ4n) is 5.92. The minimum absolute atomic E-state index is 0.0305. The summed E-state index contributed by atoms with van der Waals surface area (Å²) in [4.78, 5) is 4.75. The Morgan fingerprint density at radius 2 is 2.16 bits per heavy atom. The van der Waals surface area contributed by atoms with Gasteiger partial charge in [-0.1, -0.05) is 13.0 Å². The number of aliphatic imine (C=N–C) groups is 1. The molecule has 1 aromatic rings. The van der Waals surface area contributed by atoms with Gasteiger partial charge in [0.15, 0.2) is 0 Å². The van der Waals surface area contributed by atoms with Crippen molar-refractivity contribution in [2.75, 3.05) is 20.3 Å². The first-order valence-corrected chi connectivity index (χ1v) is 9.58. The molecule has 0 spiro atoms. The fraction of sp³-hybridized carbons (Fsp3) is 0.667. The largest absolute Gasteiger partial charge is 0.508 e. The summed E-state index contributed by atoms with van der Waals surface area (Å²) >= 11 is 0. The van der Waals surface area contributed by atoms with Crippen LogP contribution in [0.15, 0.2) is 23.2 Å². The molecule has 1 aromatic carbocycles. The lowest BCUT2D eigenvalue weighted by molar-refractivity contribution is 0.0855. The van der Waals surface area contributed by atoms with Crippen molar-refractivity contribution in [3.63, 3.8) is 0 Å². The maximum Gasteiger partial charge on any atom is 0.115 e. The van der Waals surface area contributed by atoms with E-state index in [0.717, 1.165) is 37.8 Å². The summed E-state index contributed by atoms with van der Waals surface area (Å²) in [5.41, 5.74) is 3.79. The molecular formula is C21H29NO3. The Morgan fingerprint density at radius 3 is 2.96 bits per heavy atom. The summed E-state index contributed by atoms with van der Waals surface area (Å²) in [7, 11) is 1.69. The zero-order valence-electron chi connectivity index (χ0n) is 15.2. The molecule has 2 saturated carbocycles. The molecule has 25 heavy (non-hydrogen) atoms. The summed E-state index contributed by atoms with van der Waals surface area (Å²) in [5, 5.41) is 20.5. The van der Waals surface area contributed by atoms with Crippen molar-refractivity contribution in [1.29, 1.82) is 0 Å². The van der Waals surface area contributed by atoms with Crippen LogP contribution < -0.4 is 0 Å². The Bertz CT molecular complexity index is 686. The second kappa shape index (κ2) is 6.40. The van der Waals surface area contributed by atoms with Crippen molar-refractivity contribution in [3.05, 3.63) is 29.3 Å². The number of hydrogen-bond donors (Lipinski definition) is 2. The van der Waals surface area contributed by atoms with Crippen LogP contribution in [-0.4, -0.2) is 42.3 Å². The lowest BCUT2D eigenvalue weighted by atomic mass is 9.55. The molecule has 0 aromatic heterocycles. The van der Waals surface area contributed by atoms with E-state index in [1.54, 1.807) is 7.11 Å². The fourth-order valence-corrected chi connectivity index (χ4v) is 5.92. The number of fused-ring (bicyclic) bond motifs is 5. The van der Waals surface area contributed by atoms with Crippen molar-refractivity contribution in [2.24, 2.45) is 22.2 Å².